The molecule has 7 nitrogen and oxygen atoms in total. The van der Waals surface area contributed by atoms with Crippen LogP contribution in [0.25, 0.3) is 0 Å². The molecular weight excluding hydrogens is 366 g/mol. The molecule has 29 heavy (non-hydrogen) atoms. The maximum absolute atomic E-state index is 12.6. The van der Waals surface area contributed by atoms with Gasteiger partial charge in [0, 0.05) is 37.6 Å². The lowest BCUT2D eigenvalue weighted by Crippen LogP contribution is -2.50. The second-order valence-electron chi connectivity index (χ2n) is 8.35. The molecule has 4 heterocycles. The number of hydrogen-bond donors (Lipinski definition) is 1. The Morgan fingerprint density at radius 1 is 1.21 bits per heavy atom. The van der Waals surface area contributed by atoms with Gasteiger partial charge in [0.05, 0.1) is 18.2 Å². The average molecular weight is 398 g/mol. The maximum Gasteiger partial charge on any atom is 0.224 e. The zero-order chi connectivity index (χ0) is 20.1. The van der Waals surface area contributed by atoms with E-state index in [-0.39, 0.29) is 11.8 Å². The number of aromatic nitrogens is 2. The van der Waals surface area contributed by atoms with Crippen molar-refractivity contribution in [2.75, 3.05) is 26.2 Å². The van der Waals surface area contributed by atoms with Crippen molar-refractivity contribution in [2.45, 2.75) is 51.7 Å². The minimum Gasteiger partial charge on any atom is -0.359 e. The molecule has 2 fully saturated rings. The molecule has 2 saturated heterocycles. The van der Waals surface area contributed by atoms with E-state index in [0.29, 0.717) is 18.3 Å². The summed E-state index contributed by atoms with van der Waals surface area (Å²) in [6.45, 7) is 7.52. The third-order valence-corrected chi connectivity index (χ3v) is 6.17. The molecule has 2 aliphatic rings. The van der Waals surface area contributed by atoms with Crippen LogP contribution in [0.5, 0.6) is 0 Å². The smallest absolute Gasteiger partial charge is 0.224 e. The van der Waals surface area contributed by atoms with E-state index in [1.54, 1.807) is 0 Å². The SMILES string of the molecule is Cc1cc(CNC(=O)[C@@H]2CCCN(C3CCN(Cc4ccncc4)CC3)C2)on1. The summed E-state index contributed by atoms with van der Waals surface area (Å²) in [5, 5.41) is 6.90. The van der Waals surface area contributed by atoms with E-state index in [1.165, 1.54) is 18.4 Å². The van der Waals surface area contributed by atoms with Gasteiger partial charge in [-0.15, -0.1) is 0 Å². The van der Waals surface area contributed by atoms with Crippen molar-refractivity contribution in [3.63, 3.8) is 0 Å². The predicted octanol–water partition coefficient (Wildman–Crippen LogP) is 2.37. The Kier molecular flexibility index (Phi) is 6.56. The van der Waals surface area contributed by atoms with Crippen molar-refractivity contribution >= 4 is 5.91 Å². The molecule has 1 N–H and O–H groups in total. The number of amides is 1. The van der Waals surface area contributed by atoms with Crippen LogP contribution in [0.15, 0.2) is 35.1 Å². The van der Waals surface area contributed by atoms with E-state index >= 15 is 0 Å². The molecule has 0 radical (unpaired) electrons. The molecule has 7 heteroatoms. The lowest BCUT2D eigenvalue weighted by atomic mass is 9.93. The third-order valence-electron chi connectivity index (χ3n) is 6.17. The van der Waals surface area contributed by atoms with Gasteiger partial charge in [0.25, 0.3) is 0 Å². The van der Waals surface area contributed by atoms with Crippen molar-refractivity contribution < 1.29 is 9.32 Å². The number of carbonyl (C=O) groups is 1. The van der Waals surface area contributed by atoms with Gasteiger partial charge in [-0.25, -0.2) is 0 Å². The second kappa shape index (κ2) is 9.50. The Morgan fingerprint density at radius 2 is 2.00 bits per heavy atom. The van der Waals surface area contributed by atoms with Crippen LogP contribution in [0.2, 0.25) is 0 Å². The number of carbonyl (C=O) groups excluding carboxylic acids is 1. The Balaban J connectivity index is 1.23. The number of pyridine rings is 1. The number of nitrogens with one attached hydrogen (secondary N) is 1. The summed E-state index contributed by atoms with van der Waals surface area (Å²) in [6.07, 6.45) is 8.15. The van der Waals surface area contributed by atoms with Crippen molar-refractivity contribution in [1.82, 2.24) is 25.3 Å². The summed E-state index contributed by atoms with van der Waals surface area (Å²) < 4.78 is 5.19. The number of nitrogens with zero attached hydrogens (tertiary/aromatic N) is 4. The highest BCUT2D eigenvalue weighted by Gasteiger charge is 2.31. The highest BCUT2D eigenvalue weighted by molar-refractivity contribution is 5.78. The average Bonchev–Trinajstić information content (AvgIpc) is 3.18. The van der Waals surface area contributed by atoms with Crippen molar-refractivity contribution in [2.24, 2.45) is 5.92 Å². The summed E-state index contributed by atoms with van der Waals surface area (Å²) in [4.78, 5) is 21.8. The molecule has 1 atom stereocenters. The van der Waals surface area contributed by atoms with Crippen LogP contribution < -0.4 is 5.32 Å². The van der Waals surface area contributed by atoms with Crippen LogP contribution in [0.3, 0.4) is 0 Å². The normalized spacial score (nSPS) is 21.9. The largest absolute Gasteiger partial charge is 0.359 e. The Morgan fingerprint density at radius 3 is 2.72 bits per heavy atom. The molecule has 0 aliphatic carbocycles. The maximum atomic E-state index is 12.6. The van der Waals surface area contributed by atoms with Crippen LogP contribution in [-0.2, 0) is 17.9 Å². The van der Waals surface area contributed by atoms with Gasteiger partial charge in [0.1, 0.15) is 0 Å². The summed E-state index contributed by atoms with van der Waals surface area (Å²) in [7, 11) is 0. The minimum atomic E-state index is 0.0719. The van der Waals surface area contributed by atoms with E-state index in [9.17, 15) is 4.79 Å². The zero-order valence-electron chi connectivity index (χ0n) is 17.2. The first-order chi connectivity index (χ1) is 14.2. The standard InChI is InChI=1S/C22H31N5O2/c1-17-13-21(29-25-17)14-24-22(28)19-3-2-10-27(16-19)20-6-11-26(12-7-20)15-18-4-8-23-9-5-18/h4-5,8-9,13,19-20H,2-3,6-7,10-12,14-16H2,1H3,(H,24,28)/t19-/m1/s1. The van der Waals surface area contributed by atoms with Gasteiger partial charge in [0.2, 0.25) is 5.91 Å². The number of hydrogen-bond acceptors (Lipinski definition) is 6. The number of rotatable bonds is 6. The summed E-state index contributed by atoms with van der Waals surface area (Å²) in [5.41, 5.74) is 2.17. The third kappa shape index (κ3) is 5.42. The number of aryl methyl sites for hydroxylation is 1. The van der Waals surface area contributed by atoms with Crippen LogP contribution in [0.4, 0.5) is 0 Å². The van der Waals surface area contributed by atoms with Crippen LogP contribution in [0.1, 0.15) is 42.7 Å². The lowest BCUT2D eigenvalue weighted by molar-refractivity contribution is -0.127. The van der Waals surface area contributed by atoms with Gasteiger partial charge >= 0.3 is 0 Å². The van der Waals surface area contributed by atoms with Gasteiger partial charge in [-0.3, -0.25) is 19.6 Å². The fraction of sp³-hybridized carbons (Fsp3) is 0.591. The van der Waals surface area contributed by atoms with E-state index in [0.717, 1.165) is 51.3 Å². The fourth-order valence-corrected chi connectivity index (χ4v) is 4.56. The molecule has 156 valence electrons. The highest BCUT2D eigenvalue weighted by Crippen LogP contribution is 2.24. The van der Waals surface area contributed by atoms with Gasteiger partial charge in [-0.2, -0.15) is 0 Å². The minimum absolute atomic E-state index is 0.0719. The molecule has 0 spiro atoms. The molecule has 0 unspecified atom stereocenters. The summed E-state index contributed by atoms with van der Waals surface area (Å²) >= 11 is 0. The number of likely N-dealkylation sites (tertiary alicyclic amines) is 2. The Labute approximate surface area is 172 Å². The molecule has 4 rings (SSSR count). The first kappa shape index (κ1) is 20.0. The molecule has 1 amide bonds. The molecule has 2 aliphatic heterocycles. The van der Waals surface area contributed by atoms with E-state index in [4.69, 9.17) is 4.52 Å². The van der Waals surface area contributed by atoms with Crippen LogP contribution in [-0.4, -0.2) is 58.1 Å². The molecule has 2 aromatic heterocycles. The van der Waals surface area contributed by atoms with Crippen molar-refractivity contribution in [3.8, 4) is 0 Å². The molecule has 0 aromatic carbocycles. The molecular formula is C22H31N5O2. The van der Waals surface area contributed by atoms with Crippen molar-refractivity contribution in [3.05, 3.63) is 47.6 Å². The van der Waals surface area contributed by atoms with Crippen molar-refractivity contribution in [1.29, 1.82) is 0 Å². The van der Waals surface area contributed by atoms with E-state index in [2.05, 4.69) is 37.4 Å². The van der Waals surface area contributed by atoms with Crippen LogP contribution in [0, 0.1) is 12.8 Å². The monoisotopic (exact) mass is 397 g/mol. The van der Waals surface area contributed by atoms with Gasteiger partial charge in [-0.05, 0) is 69.9 Å². The van der Waals surface area contributed by atoms with Gasteiger partial charge in [-0.1, -0.05) is 5.16 Å². The lowest BCUT2D eigenvalue weighted by Gasteiger charge is -2.42. The van der Waals surface area contributed by atoms with E-state index in [1.807, 2.05) is 25.4 Å². The molecule has 2 aromatic rings. The first-order valence-electron chi connectivity index (χ1n) is 10.7. The summed E-state index contributed by atoms with van der Waals surface area (Å²) in [5.74, 6) is 0.923. The Hall–Kier alpha value is -2.25. The molecule has 0 saturated carbocycles. The summed E-state index contributed by atoms with van der Waals surface area (Å²) in [6, 6.07) is 6.66. The quantitative estimate of drug-likeness (QED) is 0.807. The van der Waals surface area contributed by atoms with Gasteiger partial charge < -0.3 is 9.84 Å². The van der Waals surface area contributed by atoms with E-state index < -0.39 is 0 Å². The predicted molar refractivity (Wildman–Crippen MR) is 110 cm³/mol. The highest BCUT2D eigenvalue weighted by atomic mass is 16.5. The Bertz CT molecular complexity index is 786. The zero-order valence-corrected chi connectivity index (χ0v) is 17.2. The van der Waals surface area contributed by atoms with Crippen LogP contribution >= 0.6 is 0 Å². The fourth-order valence-electron chi connectivity index (χ4n) is 4.56. The first-order valence-corrected chi connectivity index (χ1v) is 10.7. The van der Waals surface area contributed by atoms with Gasteiger partial charge in [0.15, 0.2) is 5.76 Å². The topological polar surface area (TPSA) is 74.5 Å². The number of piperidine rings is 2. The molecule has 0 bridgehead atoms. The second-order valence-corrected chi connectivity index (χ2v) is 8.35.